The van der Waals surface area contributed by atoms with Crippen LogP contribution in [0.4, 0.5) is 5.69 Å². The van der Waals surface area contributed by atoms with Gasteiger partial charge < -0.3 is 10.2 Å². The van der Waals surface area contributed by atoms with Crippen LogP contribution in [0, 0.1) is 10.1 Å². The Hall–Kier alpha value is -3.22. The summed E-state index contributed by atoms with van der Waals surface area (Å²) in [6.07, 6.45) is 0.133. The smallest absolute Gasteiger partial charge is 0.269 e. The van der Waals surface area contributed by atoms with Gasteiger partial charge in [0.2, 0.25) is 5.91 Å². The van der Waals surface area contributed by atoms with Gasteiger partial charge in [0, 0.05) is 37.2 Å². The molecule has 2 unspecified atom stereocenters. The van der Waals surface area contributed by atoms with Gasteiger partial charge in [-0.3, -0.25) is 19.7 Å². The molecule has 0 saturated carbocycles. The Morgan fingerprint density at radius 3 is 2.41 bits per heavy atom. The summed E-state index contributed by atoms with van der Waals surface area (Å²) in [4.78, 5) is 36.7. The van der Waals surface area contributed by atoms with Crippen LogP contribution < -0.4 is 5.32 Å². The van der Waals surface area contributed by atoms with Crippen LogP contribution in [-0.4, -0.2) is 34.7 Å². The first-order valence-corrected chi connectivity index (χ1v) is 8.65. The molecule has 2 rings (SSSR count). The number of carbonyl (C=O) groups excluding carboxylic acids is 2. The molecule has 0 aliphatic rings. The minimum atomic E-state index is -0.459. The average molecular weight is 369 g/mol. The third-order valence-electron chi connectivity index (χ3n) is 4.43. The van der Waals surface area contributed by atoms with E-state index in [9.17, 15) is 19.7 Å². The predicted molar refractivity (Wildman–Crippen MR) is 102 cm³/mol. The van der Waals surface area contributed by atoms with Gasteiger partial charge in [-0.25, -0.2) is 0 Å². The fraction of sp³-hybridized carbons (Fsp3) is 0.300. The molecule has 0 saturated heterocycles. The molecule has 0 aromatic heterocycles. The van der Waals surface area contributed by atoms with Crippen molar-refractivity contribution >= 4 is 17.5 Å². The van der Waals surface area contributed by atoms with E-state index in [1.165, 1.54) is 17.0 Å². The summed E-state index contributed by atoms with van der Waals surface area (Å²) in [5.41, 5.74) is 1.21. The number of benzene rings is 2. The number of rotatable bonds is 7. The van der Waals surface area contributed by atoms with Crippen molar-refractivity contribution in [2.24, 2.45) is 0 Å². The highest BCUT2D eigenvalue weighted by Crippen LogP contribution is 2.23. The molecule has 27 heavy (non-hydrogen) atoms. The zero-order valence-electron chi connectivity index (χ0n) is 15.6. The molecule has 2 atom stereocenters. The van der Waals surface area contributed by atoms with E-state index in [0.717, 1.165) is 0 Å². The average Bonchev–Trinajstić information content (AvgIpc) is 2.67. The van der Waals surface area contributed by atoms with Gasteiger partial charge in [-0.1, -0.05) is 30.3 Å². The number of non-ortho nitro benzene ring substituents is 1. The van der Waals surface area contributed by atoms with Crippen LogP contribution in [0.25, 0.3) is 0 Å². The second-order valence-electron chi connectivity index (χ2n) is 6.48. The van der Waals surface area contributed by atoms with Crippen molar-refractivity contribution < 1.29 is 14.5 Å². The summed E-state index contributed by atoms with van der Waals surface area (Å²) >= 11 is 0. The Morgan fingerprint density at radius 1 is 1.11 bits per heavy atom. The van der Waals surface area contributed by atoms with Crippen molar-refractivity contribution in [3.63, 3.8) is 0 Å². The molecule has 2 amide bonds. The summed E-state index contributed by atoms with van der Waals surface area (Å²) in [6, 6.07) is 14.4. The predicted octanol–water partition coefficient (Wildman–Crippen LogP) is 3.32. The fourth-order valence-corrected chi connectivity index (χ4v) is 2.69. The SMILES string of the molecule is CC(CC(=O)N(C)C(C)c1cccc([N+](=O)[O-])c1)NC(=O)c1ccccc1. The first-order valence-electron chi connectivity index (χ1n) is 8.65. The number of nitrogens with zero attached hydrogens (tertiary/aromatic N) is 2. The molecule has 0 aliphatic heterocycles. The van der Waals surface area contributed by atoms with Gasteiger partial charge in [0.15, 0.2) is 0 Å². The molecule has 7 nitrogen and oxygen atoms in total. The van der Waals surface area contributed by atoms with Crippen LogP contribution in [0.15, 0.2) is 54.6 Å². The molecule has 0 radical (unpaired) electrons. The van der Waals surface area contributed by atoms with Crippen molar-refractivity contribution in [1.82, 2.24) is 10.2 Å². The Kier molecular flexibility index (Phi) is 6.65. The Labute approximate surface area is 158 Å². The van der Waals surface area contributed by atoms with Crippen molar-refractivity contribution in [2.75, 3.05) is 7.05 Å². The van der Waals surface area contributed by atoms with Gasteiger partial charge >= 0.3 is 0 Å². The highest BCUT2D eigenvalue weighted by atomic mass is 16.6. The van der Waals surface area contributed by atoms with E-state index in [1.807, 2.05) is 13.0 Å². The van der Waals surface area contributed by atoms with E-state index in [1.54, 1.807) is 50.4 Å². The third-order valence-corrected chi connectivity index (χ3v) is 4.43. The third kappa shape index (κ3) is 5.37. The molecule has 0 fully saturated rings. The molecule has 0 heterocycles. The summed E-state index contributed by atoms with van der Waals surface area (Å²) < 4.78 is 0. The molecular weight excluding hydrogens is 346 g/mol. The van der Waals surface area contributed by atoms with E-state index in [4.69, 9.17) is 0 Å². The largest absolute Gasteiger partial charge is 0.349 e. The Morgan fingerprint density at radius 2 is 1.78 bits per heavy atom. The number of carbonyl (C=O) groups is 2. The maximum atomic E-state index is 12.5. The van der Waals surface area contributed by atoms with Gasteiger partial charge in [-0.2, -0.15) is 0 Å². The number of amides is 2. The second kappa shape index (κ2) is 8.93. The number of nitro groups is 1. The van der Waals surface area contributed by atoms with E-state index < -0.39 is 4.92 Å². The number of hydrogen-bond donors (Lipinski definition) is 1. The summed E-state index contributed by atoms with van der Waals surface area (Å²) in [6.45, 7) is 3.58. The van der Waals surface area contributed by atoms with E-state index in [0.29, 0.717) is 11.1 Å². The lowest BCUT2D eigenvalue weighted by molar-refractivity contribution is -0.384. The second-order valence-corrected chi connectivity index (χ2v) is 6.48. The lowest BCUT2D eigenvalue weighted by atomic mass is 10.1. The molecule has 7 heteroatoms. The highest BCUT2D eigenvalue weighted by Gasteiger charge is 2.21. The van der Waals surface area contributed by atoms with Crippen molar-refractivity contribution in [3.8, 4) is 0 Å². The standard InChI is InChI=1S/C20H23N3O4/c1-14(21-20(25)16-8-5-4-6-9-16)12-19(24)22(3)15(2)17-10-7-11-18(13-17)23(26)27/h4-11,13-15H,12H2,1-3H3,(H,21,25). The van der Waals surface area contributed by atoms with Crippen LogP contribution in [0.5, 0.6) is 0 Å². The van der Waals surface area contributed by atoms with E-state index in [2.05, 4.69) is 5.32 Å². The molecule has 0 aliphatic carbocycles. The van der Waals surface area contributed by atoms with Crippen LogP contribution in [0.2, 0.25) is 0 Å². The van der Waals surface area contributed by atoms with Crippen molar-refractivity contribution in [2.45, 2.75) is 32.4 Å². The molecule has 142 valence electrons. The van der Waals surface area contributed by atoms with Gasteiger partial charge in [0.25, 0.3) is 11.6 Å². The van der Waals surface area contributed by atoms with Crippen LogP contribution in [0.1, 0.15) is 42.2 Å². The quantitative estimate of drug-likeness (QED) is 0.598. The van der Waals surface area contributed by atoms with Crippen molar-refractivity contribution in [1.29, 1.82) is 0 Å². The molecule has 2 aromatic rings. The van der Waals surface area contributed by atoms with Crippen LogP contribution in [-0.2, 0) is 4.79 Å². The van der Waals surface area contributed by atoms with Crippen LogP contribution in [0.3, 0.4) is 0 Å². The molecule has 2 aromatic carbocycles. The molecule has 0 bridgehead atoms. The highest BCUT2D eigenvalue weighted by molar-refractivity contribution is 5.94. The monoisotopic (exact) mass is 369 g/mol. The fourth-order valence-electron chi connectivity index (χ4n) is 2.69. The topological polar surface area (TPSA) is 92.6 Å². The zero-order chi connectivity index (χ0) is 20.0. The maximum Gasteiger partial charge on any atom is 0.269 e. The first-order chi connectivity index (χ1) is 12.8. The van der Waals surface area contributed by atoms with Gasteiger partial charge in [0.05, 0.1) is 11.0 Å². The maximum absolute atomic E-state index is 12.5. The first kappa shape index (κ1) is 20.1. The number of nitrogens with one attached hydrogen (secondary N) is 1. The molecule has 1 N–H and O–H groups in total. The number of hydrogen-bond acceptors (Lipinski definition) is 4. The summed E-state index contributed by atoms with van der Waals surface area (Å²) in [7, 11) is 1.65. The summed E-state index contributed by atoms with van der Waals surface area (Å²) in [5, 5.41) is 13.7. The normalized spacial score (nSPS) is 12.7. The minimum Gasteiger partial charge on any atom is -0.349 e. The lowest BCUT2D eigenvalue weighted by Crippen LogP contribution is -2.38. The van der Waals surface area contributed by atoms with Crippen molar-refractivity contribution in [3.05, 3.63) is 75.8 Å². The van der Waals surface area contributed by atoms with Gasteiger partial charge in [0.1, 0.15) is 0 Å². The Balaban J connectivity index is 1.97. The van der Waals surface area contributed by atoms with E-state index >= 15 is 0 Å². The Bertz CT molecular complexity index is 823. The lowest BCUT2D eigenvalue weighted by Gasteiger charge is -2.26. The van der Waals surface area contributed by atoms with Gasteiger partial charge in [-0.15, -0.1) is 0 Å². The minimum absolute atomic E-state index is 0.0105. The van der Waals surface area contributed by atoms with Crippen LogP contribution >= 0.6 is 0 Å². The summed E-state index contributed by atoms with van der Waals surface area (Å²) in [5.74, 6) is -0.389. The van der Waals surface area contributed by atoms with Gasteiger partial charge in [-0.05, 0) is 31.5 Å². The molecule has 0 spiro atoms. The number of nitro benzene ring substituents is 1. The zero-order valence-corrected chi connectivity index (χ0v) is 15.6. The molecular formula is C20H23N3O4. The van der Waals surface area contributed by atoms with E-state index in [-0.39, 0.29) is 36.0 Å².